The number of nitrogens with one attached hydrogen (secondary N) is 2. The number of nitrogens with zero attached hydrogens (tertiary/aromatic N) is 5. The third-order valence-electron chi connectivity index (χ3n) is 2.68. The molecule has 0 radical (unpaired) electrons. The summed E-state index contributed by atoms with van der Waals surface area (Å²) in [6.07, 6.45) is 1.50. The summed E-state index contributed by atoms with van der Waals surface area (Å²) in [5.74, 6) is -0.195. The smallest absolute Gasteiger partial charge is 0.289 e. The van der Waals surface area contributed by atoms with Gasteiger partial charge in [0.2, 0.25) is 16.1 Å². The minimum absolute atomic E-state index is 0.189. The Labute approximate surface area is 126 Å². The van der Waals surface area contributed by atoms with Gasteiger partial charge in [0.05, 0.1) is 11.4 Å². The zero-order chi connectivity index (χ0) is 15.2. The molecule has 0 saturated carbocycles. The van der Waals surface area contributed by atoms with Gasteiger partial charge in [-0.1, -0.05) is 25.2 Å². The summed E-state index contributed by atoms with van der Waals surface area (Å²) in [4.78, 5) is 16.4. The standard InChI is InChI=1S/C12H17N7OS/c1-4-7-8(5-2)16-18-11(14-7)15-9(20)10-17-19-12(21-10)13-6-3/h4-6H2,1-3H3,(H,13,19)(H,14,15,18,20). The van der Waals surface area contributed by atoms with E-state index in [2.05, 4.69) is 36.0 Å². The largest absolute Gasteiger partial charge is 0.360 e. The molecule has 0 aliphatic rings. The number of anilines is 2. The maximum absolute atomic E-state index is 12.0. The summed E-state index contributed by atoms with van der Waals surface area (Å²) < 4.78 is 0. The first-order chi connectivity index (χ1) is 10.2. The molecule has 0 unspecified atom stereocenters. The Hall–Kier alpha value is -2.16. The molecule has 1 amide bonds. The fourth-order valence-electron chi connectivity index (χ4n) is 1.68. The molecule has 0 aliphatic carbocycles. The Morgan fingerprint density at radius 1 is 1.05 bits per heavy atom. The zero-order valence-electron chi connectivity index (χ0n) is 12.2. The predicted octanol–water partition coefficient (Wildman–Crippen LogP) is 1.53. The first kappa shape index (κ1) is 15.2. The summed E-state index contributed by atoms with van der Waals surface area (Å²) in [7, 11) is 0. The van der Waals surface area contributed by atoms with Crippen LogP contribution in [0.25, 0.3) is 0 Å². The van der Waals surface area contributed by atoms with Gasteiger partial charge in [-0.15, -0.1) is 20.4 Å². The van der Waals surface area contributed by atoms with E-state index in [1.807, 2.05) is 20.8 Å². The lowest BCUT2D eigenvalue weighted by Crippen LogP contribution is -2.16. The lowest BCUT2D eigenvalue weighted by molar-refractivity contribution is 0.102. The Morgan fingerprint density at radius 3 is 2.48 bits per heavy atom. The normalized spacial score (nSPS) is 10.4. The topological polar surface area (TPSA) is 106 Å². The minimum atomic E-state index is -0.384. The van der Waals surface area contributed by atoms with Gasteiger partial charge in [-0.2, -0.15) is 0 Å². The predicted molar refractivity (Wildman–Crippen MR) is 80.6 cm³/mol. The Kier molecular flexibility index (Phi) is 5.09. The van der Waals surface area contributed by atoms with Crippen molar-refractivity contribution in [3.8, 4) is 0 Å². The summed E-state index contributed by atoms with van der Waals surface area (Å²) in [5.41, 5.74) is 1.69. The van der Waals surface area contributed by atoms with Gasteiger partial charge in [-0.25, -0.2) is 4.98 Å². The first-order valence-electron chi connectivity index (χ1n) is 6.79. The summed E-state index contributed by atoms with van der Waals surface area (Å²) in [5, 5.41) is 22.1. The highest BCUT2D eigenvalue weighted by Gasteiger charge is 2.15. The maximum atomic E-state index is 12.0. The van der Waals surface area contributed by atoms with Crippen LogP contribution in [0, 0.1) is 0 Å². The van der Waals surface area contributed by atoms with Crippen LogP contribution < -0.4 is 10.6 Å². The molecular weight excluding hydrogens is 290 g/mol. The molecule has 2 aromatic heterocycles. The molecule has 0 saturated heterocycles. The number of hydrogen-bond donors (Lipinski definition) is 2. The fourth-order valence-corrected chi connectivity index (χ4v) is 2.39. The zero-order valence-corrected chi connectivity index (χ0v) is 13.0. The van der Waals surface area contributed by atoms with Crippen molar-refractivity contribution in [2.24, 2.45) is 0 Å². The Bertz CT molecular complexity index is 628. The summed E-state index contributed by atoms with van der Waals surface area (Å²) >= 11 is 1.18. The molecule has 0 atom stereocenters. The number of carbonyl (C=O) groups excluding carboxylic acids is 1. The second kappa shape index (κ2) is 7.02. The van der Waals surface area contributed by atoms with E-state index in [1.54, 1.807) is 0 Å². The van der Waals surface area contributed by atoms with E-state index >= 15 is 0 Å². The molecule has 8 nitrogen and oxygen atoms in total. The summed E-state index contributed by atoms with van der Waals surface area (Å²) in [6.45, 7) is 6.65. The Morgan fingerprint density at radius 2 is 1.81 bits per heavy atom. The number of carbonyl (C=O) groups is 1. The van der Waals surface area contributed by atoms with Gasteiger partial charge in [-0.3, -0.25) is 10.1 Å². The average molecular weight is 307 g/mol. The van der Waals surface area contributed by atoms with Crippen molar-refractivity contribution >= 4 is 28.3 Å². The number of rotatable bonds is 6. The lowest BCUT2D eigenvalue weighted by atomic mass is 10.2. The molecule has 9 heteroatoms. The maximum Gasteiger partial charge on any atom is 0.289 e. The van der Waals surface area contributed by atoms with Crippen LogP contribution in [-0.2, 0) is 12.8 Å². The van der Waals surface area contributed by atoms with E-state index < -0.39 is 0 Å². The highest BCUT2D eigenvalue weighted by Crippen LogP contribution is 2.16. The second-order valence-corrected chi connectivity index (χ2v) is 5.11. The average Bonchev–Trinajstić information content (AvgIpc) is 2.96. The van der Waals surface area contributed by atoms with Crippen molar-refractivity contribution in [3.05, 3.63) is 16.4 Å². The third kappa shape index (κ3) is 3.69. The third-order valence-corrected chi connectivity index (χ3v) is 3.56. The number of hydrogen-bond acceptors (Lipinski definition) is 8. The van der Waals surface area contributed by atoms with Gasteiger partial charge in [-0.05, 0) is 19.8 Å². The molecule has 2 N–H and O–H groups in total. The molecular formula is C12H17N7OS. The van der Waals surface area contributed by atoms with Crippen LogP contribution >= 0.6 is 11.3 Å². The van der Waals surface area contributed by atoms with Gasteiger partial charge in [0.1, 0.15) is 0 Å². The summed E-state index contributed by atoms with van der Waals surface area (Å²) in [6, 6.07) is 0. The van der Waals surface area contributed by atoms with Crippen molar-refractivity contribution in [2.75, 3.05) is 17.2 Å². The van der Waals surface area contributed by atoms with Crippen molar-refractivity contribution < 1.29 is 4.79 Å². The number of aryl methyl sites for hydroxylation is 2. The van der Waals surface area contributed by atoms with Crippen LogP contribution in [0.5, 0.6) is 0 Å². The van der Waals surface area contributed by atoms with Crippen LogP contribution in [0.1, 0.15) is 42.0 Å². The van der Waals surface area contributed by atoms with E-state index in [4.69, 9.17) is 0 Å². The molecule has 0 spiro atoms. The molecule has 21 heavy (non-hydrogen) atoms. The van der Waals surface area contributed by atoms with Gasteiger partial charge in [0.25, 0.3) is 5.91 Å². The van der Waals surface area contributed by atoms with Crippen LogP contribution in [0.15, 0.2) is 0 Å². The molecule has 2 aromatic rings. The molecule has 0 aromatic carbocycles. The van der Waals surface area contributed by atoms with E-state index in [0.29, 0.717) is 5.13 Å². The molecule has 0 aliphatic heterocycles. The fraction of sp³-hybridized carbons (Fsp3) is 0.500. The van der Waals surface area contributed by atoms with Crippen LogP contribution in [0.2, 0.25) is 0 Å². The van der Waals surface area contributed by atoms with Crippen LogP contribution in [0.4, 0.5) is 11.1 Å². The highest BCUT2D eigenvalue weighted by molar-refractivity contribution is 7.17. The van der Waals surface area contributed by atoms with Crippen molar-refractivity contribution in [2.45, 2.75) is 33.6 Å². The molecule has 112 valence electrons. The van der Waals surface area contributed by atoms with Crippen LogP contribution in [0.3, 0.4) is 0 Å². The SMILES string of the molecule is CCNc1nnc(C(=O)Nc2nnc(CC)c(CC)n2)s1. The van der Waals surface area contributed by atoms with Gasteiger partial charge >= 0.3 is 0 Å². The first-order valence-corrected chi connectivity index (χ1v) is 7.60. The van der Waals surface area contributed by atoms with Crippen molar-refractivity contribution in [1.29, 1.82) is 0 Å². The Balaban J connectivity index is 2.11. The van der Waals surface area contributed by atoms with Crippen LogP contribution in [-0.4, -0.2) is 37.8 Å². The van der Waals surface area contributed by atoms with Gasteiger partial charge in [0, 0.05) is 6.54 Å². The van der Waals surface area contributed by atoms with E-state index in [0.717, 1.165) is 30.8 Å². The van der Waals surface area contributed by atoms with E-state index in [9.17, 15) is 4.79 Å². The molecule has 0 fully saturated rings. The molecule has 0 bridgehead atoms. The lowest BCUT2D eigenvalue weighted by Gasteiger charge is -2.05. The number of amides is 1. The van der Waals surface area contributed by atoms with Gasteiger partial charge < -0.3 is 5.32 Å². The minimum Gasteiger partial charge on any atom is -0.360 e. The van der Waals surface area contributed by atoms with Crippen molar-refractivity contribution in [3.63, 3.8) is 0 Å². The monoisotopic (exact) mass is 307 g/mol. The van der Waals surface area contributed by atoms with Crippen molar-refractivity contribution in [1.82, 2.24) is 25.4 Å². The highest BCUT2D eigenvalue weighted by atomic mass is 32.1. The quantitative estimate of drug-likeness (QED) is 0.833. The van der Waals surface area contributed by atoms with E-state index in [1.165, 1.54) is 11.3 Å². The van der Waals surface area contributed by atoms with Gasteiger partial charge in [0.15, 0.2) is 0 Å². The molecule has 2 heterocycles. The van der Waals surface area contributed by atoms with E-state index in [-0.39, 0.29) is 16.9 Å². The second-order valence-electron chi connectivity index (χ2n) is 4.13. The molecule has 2 rings (SSSR count). The number of aromatic nitrogens is 5.